The number of amides is 1. The standard InChI is InChI=1S/C22H19F6N3O3/c1-9-14(11-4-5-12(23)15(24)17(11)33-3)18(34-21(9,2)22(26,27)28)20(32)31-13-8-30-16-10(13)6-7-29-19(16)25/h4-9,14,18,30H,1-3H3,(H,31,32)/t9-,14-,18+,21+/m0/s1. The molecule has 182 valence electrons. The van der Waals surface area contributed by atoms with Gasteiger partial charge in [0, 0.05) is 35.2 Å². The van der Waals surface area contributed by atoms with Crippen LogP contribution in [-0.4, -0.2) is 40.9 Å². The minimum atomic E-state index is -4.89. The molecule has 0 aliphatic carbocycles. The van der Waals surface area contributed by atoms with E-state index in [2.05, 4.69) is 15.3 Å². The van der Waals surface area contributed by atoms with Crippen molar-refractivity contribution in [2.75, 3.05) is 12.4 Å². The highest BCUT2D eigenvalue weighted by Crippen LogP contribution is 2.55. The molecule has 3 heterocycles. The van der Waals surface area contributed by atoms with E-state index in [0.29, 0.717) is 0 Å². The summed E-state index contributed by atoms with van der Waals surface area (Å²) in [5.74, 6) is -7.86. The number of fused-ring (bicyclic) bond motifs is 1. The number of methoxy groups -OCH3 is 1. The molecule has 2 aromatic heterocycles. The smallest absolute Gasteiger partial charge is 0.417 e. The van der Waals surface area contributed by atoms with Crippen molar-refractivity contribution in [3.8, 4) is 5.75 Å². The Morgan fingerprint density at radius 3 is 2.59 bits per heavy atom. The second-order valence-electron chi connectivity index (χ2n) is 8.16. The van der Waals surface area contributed by atoms with E-state index in [9.17, 15) is 31.1 Å². The van der Waals surface area contributed by atoms with Gasteiger partial charge in [-0.3, -0.25) is 4.79 Å². The fourth-order valence-corrected chi connectivity index (χ4v) is 4.37. The molecule has 1 amide bonds. The Bertz CT molecular complexity index is 1260. The van der Waals surface area contributed by atoms with Gasteiger partial charge in [0.05, 0.1) is 12.8 Å². The lowest BCUT2D eigenvalue weighted by molar-refractivity contribution is -0.272. The van der Waals surface area contributed by atoms with Gasteiger partial charge in [-0.25, -0.2) is 9.37 Å². The van der Waals surface area contributed by atoms with Gasteiger partial charge < -0.3 is 19.8 Å². The highest BCUT2D eigenvalue weighted by Gasteiger charge is 2.65. The van der Waals surface area contributed by atoms with E-state index >= 15 is 0 Å². The first-order chi connectivity index (χ1) is 15.9. The molecule has 12 heteroatoms. The number of pyridine rings is 1. The molecule has 2 N–H and O–H groups in total. The predicted octanol–water partition coefficient (Wildman–Crippen LogP) is 5.07. The first-order valence-electron chi connectivity index (χ1n) is 10.1. The molecule has 1 aliphatic heterocycles. The van der Waals surface area contributed by atoms with Crippen molar-refractivity contribution in [2.45, 2.75) is 37.6 Å². The molecular weight excluding hydrogens is 468 g/mol. The largest absolute Gasteiger partial charge is 0.493 e. The SMILES string of the molecule is COc1c([C@H]2[C@H](C(=O)Nc3c[nH]c4c(F)nccc34)O[C@@](C)(C(F)(F)F)[C@H]2C)ccc(F)c1F. The second-order valence-corrected chi connectivity index (χ2v) is 8.16. The summed E-state index contributed by atoms with van der Waals surface area (Å²) in [5, 5.41) is 2.67. The average molecular weight is 487 g/mol. The lowest BCUT2D eigenvalue weighted by Gasteiger charge is -2.32. The Labute approximate surface area is 189 Å². The Morgan fingerprint density at radius 2 is 1.94 bits per heavy atom. The van der Waals surface area contributed by atoms with Gasteiger partial charge in [0.2, 0.25) is 11.8 Å². The molecule has 0 bridgehead atoms. The van der Waals surface area contributed by atoms with Crippen LogP contribution in [0.15, 0.2) is 30.6 Å². The van der Waals surface area contributed by atoms with Gasteiger partial charge in [0.15, 0.2) is 17.2 Å². The maximum atomic E-state index is 14.4. The van der Waals surface area contributed by atoms with Crippen molar-refractivity contribution in [1.29, 1.82) is 0 Å². The zero-order valence-corrected chi connectivity index (χ0v) is 18.1. The van der Waals surface area contributed by atoms with E-state index in [0.717, 1.165) is 32.4 Å². The third-order valence-corrected chi connectivity index (χ3v) is 6.38. The van der Waals surface area contributed by atoms with Crippen LogP contribution < -0.4 is 10.1 Å². The van der Waals surface area contributed by atoms with Crippen LogP contribution in [0.2, 0.25) is 0 Å². The molecule has 1 fully saturated rings. The number of hydrogen-bond donors (Lipinski definition) is 2. The number of hydrogen-bond acceptors (Lipinski definition) is 4. The minimum absolute atomic E-state index is 0.0162. The number of carbonyl (C=O) groups excluding carboxylic acids is 1. The number of nitrogens with zero attached hydrogens (tertiary/aromatic N) is 1. The Kier molecular flexibility index (Phi) is 5.75. The van der Waals surface area contributed by atoms with E-state index in [4.69, 9.17) is 9.47 Å². The van der Waals surface area contributed by atoms with Crippen LogP contribution in [0.4, 0.5) is 32.0 Å². The summed E-state index contributed by atoms with van der Waals surface area (Å²) in [5.41, 5.74) is -2.88. The van der Waals surface area contributed by atoms with E-state index < -0.39 is 59.0 Å². The van der Waals surface area contributed by atoms with Crippen LogP contribution in [0.1, 0.15) is 25.3 Å². The summed E-state index contributed by atoms with van der Waals surface area (Å²) in [4.78, 5) is 19.3. The number of halogens is 6. The molecule has 0 unspecified atom stereocenters. The lowest BCUT2D eigenvalue weighted by Crippen LogP contribution is -2.47. The quantitative estimate of drug-likeness (QED) is 0.398. The molecular formula is C22H19F6N3O3. The van der Waals surface area contributed by atoms with Crippen LogP contribution in [0.3, 0.4) is 0 Å². The molecule has 6 nitrogen and oxygen atoms in total. The van der Waals surface area contributed by atoms with Crippen LogP contribution >= 0.6 is 0 Å². The monoisotopic (exact) mass is 487 g/mol. The van der Waals surface area contributed by atoms with E-state index in [1.54, 1.807) is 0 Å². The summed E-state index contributed by atoms with van der Waals surface area (Å²) in [6, 6.07) is 3.21. The van der Waals surface area contributed by atoms with E-state index in [-0.39, 0.29) is 22.2 Å². The molecule has 4 atom stereocenters. The Hall–Kier alpha value is -3.28. The highest BCUT2D eigenvalue weighted by atomic mass is 19.4. The fourth-order valence-electron chi connectivity index (χ4n) is 4.37. The number of H-pyrrole nitrogens is 1. The zero-order chi connectivity index (χ0) is 25.0. The molecule has 0 radical (unpaired) electrons. The summed E-state index contributed by atoms with van der Waals surface area (Å²) >= 11 is 0. The maximum Gasteiger partial charge on any atom is 0.417 e. The Morgan fingerprint density at radius 1 is 1.24 bits per heavy atom. The van der Waals surface area contributed by atoms with Crippen LogP contribution in [0.5, 0.6) is 5.75 Å². The first-order valence-corrected chi connectivity index (χ1v) is 10.1. The van der Waals surface area contributed by atoms with Crippen molar-refractivity contribution < 1.29 is 40.6 Å². The van der Waals surface area contributed by atoms with E-state index in [1.807, 2.05) is 0 Å². The minimum Gasteiger partial charge on any atom is -0.493 e. The summed E-state index contributed by atoms with van der Waals surface area (Å²) < 4.78 is 94.3. The number of aromatic amines is 1. The maximum absolute atomic E-state index is 14.4. The molecule has 1 aliphatic rings. The van der Waals surface area contributed by atoms with Gasteiger partial charge in [-0.05, 0) is 19.1 Å². The number of rotatable bonds is 4. The number of alkyl halides is 3. The lowest BCUT2D eigenvalue weighted by atomic mass is 9.77. The molecule has 4 rings (SSSR count). The molecule has 3 aromatic rings. The molecule has 0 saturated carbocycles. The van der Waals surface area contributed by atoms with Gasteiger partial charge in [-0.15, -0.1) is 0 Å². The van der Waals surface area contributed by atoms with Crippen molar-refractivity contribution in [3.05, 3.63) is 53.7 Å². The van der Waals surface area contributed by atoms with Crippen molar-refractivity contribution in [3.63, 3.8) is 0 Å². The molecule has 1 aromatic carbocycles. The summed E-state index contributed by atoms with van der Waals surface area (Å²) in [7, 11) is 1.04. The first kappa shape index (κ1) is 23.9. The normalized spacial score (nSPS) is 25.0. The van der Waals surface area contributed by atoms with Crippen LogP contribution in [0, 0.1) is 23.5 Å². The molecule has 1 saturated heterocycles. The molecule has 34 heavy (non-hydrogen) atoms. The van der Waals surface area contributed by atoms with Gasteiger partial charge in [-0.2, -0.15) is 22.0 Å². The van der Waals surface area contributed by atoms with Crippen molar-refractivity contribution >= 4 is 22.5 Å². The third kappa shape index (κ3) is 3.56. The van der Waals surface area contributed by atoms with E-state index in [1.165, 1.54) is 19.2 Å². The number of ether oxygens (including phenoxy) is 2. The van der Waals surface area contributed by atoms with Gasteiger partial charge in [-0.1, -0.05) is 13.0 Å². The van der Waals surface area contributed by atoms with Crippen molar-refractivity contribution in [1.82, 2.24) is 9.97 Å². The van der Waals surface area contributed by atoms with Crippen molar-refractivity contribution in [2.24, 2.45) is 5.92 Å². The average Bonchev–Trinajstić information content (AvgIpc) is 3.30. The predicted molar refractivity (Wildman–Crippen MR) is 109 cm³/mol. The fraction of sp³-hybridized carbons (Fsp3) is 0.364. The van der Waals surface area contributed by atoms with Gasteiger partial charge in [0.25, 0.3) is 5.91 Å². The van der Waals surface area contributed by atoms with Crippen LogP contribution in [0.25, 0.3) is 10.9 Å². The number of carbonyl (C=O) groups is 1. The molecule has 0 spiro atoms. The number of nitrogens with one attached hydrogen (secondary N) is 2. The third-order valence-electron chi connectivity index (χ3n) is 6.38. The van der Waals surface area contributed by atoms with Gasteiger partial charge >= 0.3 is 6.18 Å². The second kappa shape index (κ2) is 8.19. The number of aromatic nitrogens is 2. The van der Waals surface area contributed by atoms with Crippen LogP contribution in [-0.2, 0) is 9.53 Å². The number of anilines is 1. The highest BCUT2D eigenvalue weighted by molar-refractivity contribution is 6.03. The zero-order valence-electron chi connectivity index (χ0n) is 18.1. The summed E-state index contributed by atoms with van der Waals surface area (Å²) in [6.07, 6.45) is -4.24. The Balaban J connectivity index is 1.79. The topological polar surface area (TPSA) is 76.2 Å². The number of benzene rings is 1. The van der Waals surface area contributed by atoms with Gasteiger partial charge in [0.1, 0.15) is 11.6 Å². The summed E-state index contributed by atoms with van der Waals surface area (Å²) in [6.45, 7) is 2.00.